The number of nitrogens with zero attached hydrogens (tertiary/aromatic N) is 3. The molecule has 2 aromatic carbocycles. The molecule has 3 rings (SSSR count). The largest absolute Gasteiger partial charge is 0.494 e. The Morgan fingerprint density at radius 1 is 1.09 bits per heavy atom. The first-order valence-electron chi connectivity index (χ1n) is 10.2. The molecule has 0 fully saturated rings. The molecule has 0 unspecified atom stereocenters. The number of amides is 1. The maximum absolute atomic E-state index is 13.5. The Kier molecular flexibility index (Phi) is 7.76. The fourth-order valence-electron chi connectivity index (χ4n) is 3.29. The van der Waals surface area contributed by atoms with Crippen LogP contribution in [0.1, 0.15) is 24.2 Å². The van der Waals surface area contributed by atoms with Crippen LogP contribution in [0, 0.1) is 0 Å². The van der Waals surface area contributed by atoms with Crippen molar-refractivity contribution in [3.05, 3.63) is 47.0 Å². The van der Waals surface area contributed by atoms with Crippen molar-refractivity contribution in [3.8, 4) is 5.75 Å². The van der Waals surface area contributed by atoms with E-state index in [4.69, 9.17) is 16.3 Å². The first kappa shape index (κ1) is 24.4. The number of carbonyl (C=O) groups is 1. The number of methoxy groups -OCH3 is 1. The van der Waals surface area contributed by atoms with Crippen LogP contribution in [0.15, 0.2) is 41.3 Å². The molecular formula is C22H26ClN3O4S2. The van der Waals surface area contributed by atoms with Gasteiger partial charge in [0.2, 0.25) is 0 Å². The number of anilines is 1. The van der Waals surface area contributed by atoms with Crippen molar-refractivity contribution in [1.29, 1.82) is 0 Å². The van der Waals surface area contributed by atoms with Crippen LogP contribution in [0.4, 0.5) is 5.13 Å². The zero-order chi connectivity index (χ0) is 23.5. The number of likely N-dealkylation sites (N-methyl/N-ethyl adjacent to an activating group) is 1. The van der Waals surface area contributed by atoms with E-state index in [1.54, 1.807) is 24.1 Å². The summed E-state index contributed by atoms with van der Waals surface area (Å²) in [6, 6.07) is 9.46. The van der Waals surface area contributed by atoms with E-state index in [-0.39, 0.29) is 10.8 Å². The van der Waals surface area contributed by atoms with Gasteiger partial charge in [-0.05, 0) is 49.5 Å². The van der Waals surface area contributed by atoms with E-state index >= 15 is 0 Å². The molecule has 0 bridgehead atoms. The zero-order valence-electron chi connectivity index (χ0n) is 18.5. The average molecular weight is 496 g/mol. The quantitative estimate of drug-likeness (QED) is 0.439. The van der Waals surface area contributed by atoms with Crippen molar-refractivity contribution >= 4 is 54.0 Å². The summed E-state index contributed by atoms with van der Waals surface area (Å²) in [5.41, 5.74) is 0.988. The van der Waals surface area contributed by atoms with Gasteiger partial charge in [0.1, 0.15) is 11.3 Å². The molecule has 0 saturated carbocycles. The highest BCUT2D eigenvalue weighted by Crippen LogP contribution is 2.39. The summed E-state index contributed by atoms with van der Waals surface area (Å²) < 4.78 is 29.7. The molecule has 0 radical (unpaired) electrons. The van der Waals surface area contributed by atoms with Crippen LogP contribution in [-0.2, 0) is 9.84 Å². The van der Waals surface area contributed by atoms with E-state index in [0.717, 1.165) is 24.0 Å². The molecule has 0 aliphatic carbocycles. The summed E-state index contributed by atoms with van der Waals surface area (Å²) in [5, 5.41) is 1.05. The molecule has 10 heteroatoms. The maximum Gasteiger partial charge on any atom is 0.260 e. The summed E-state index contributed by atoms with van der Waals surface area (Å²) in [5.74, 6) is 0.326. The summed E-state index contributed by atoms with van der Waals surface area (Å²) in [6.45, 7) is 6.96. The molecule has 7 nitrogen and oxygen atoms in total. The van der Waals surface area contributed by atoms with Gasteiger partial charge in [-0.15, -0.1) is 0 Å². The van der Waals surface area contributed by atoms with Gasteiger partial charge in [-0.1, -0.05) is 36.8 Å². The number of sulfone groups is 1. The normalized spacial score (nSPS) is 11.8. The van der Waals surface area contributed by atoms with Crippen molar-refractivity contribution in [2.45, 2.75) is 18.7 Å². The van der Waals surface area contributed by atoms with Crippen LogP contribution in [-0.4, -0.2) is 63.8 Å². The Labute approximate surface area is 197 Å². The fourth-order valence-corrected chi connectivity index (χ4v) is 5.20. The average Bonchev–Trinajstić information content (AvgIpc) is 3.22. The van der Waals surface area contributed by atoms with Crippen LogP contribution in [0.25, 0.3) is 10.2 Å². The predicted octanol–water partition coefficient (Wildman–Crippen LogP) is 4.35. The predicted molar refractivity (Wildman–Crippen MR) is 130 cm³/mol. The minimum Gasteiger partial charge on any atom is -0.494 e. The number of ether oxygens (including phenoxy) is 1. The third-order valence-electron chi connectivity index (χ3n) is 5.21. The van der Waals surface area contributed by atoms with Crippen molar-refractivity contribution in [3.63, 3.8) is 0 Å². The first-order chi connectivity index (χ1) is 15.2. The molecule has 3 aromatic rings. The summed E-state index contributed by atoms with van der Waals surface area (Å²) >= 11 is 7.71. The van der Waals surface area contributed by atoms with E-state index in [0.29, 0.717) is 40.1 Å². The van der Waals surface area contributed by atoms with E-state index < -0.39 is 9.84 Å². The molecule has 0 aliphatic heterocycles. The van der Waals surface area contributed by atoms with Crippen LogP contribution >= 0.6 is 22.9 Å². The lowest BCUT2D eigenvalue weighted by molar-refractivity contribution is 0.0983. The highest BCUT2D eigenvalue weighted by molar-refractivity contribution is 7.90. The number of hydrogen-bond donors (Lipinski definition) is 0. The number of benzene rings is 2. The van der Waals surface area contributed by atoms with E-state index in [1.807, 2.05) is 0 Å². The van der Waals surface area contributed by atoms with Crippen molar-refractivity contribution in [2.75, 3.05) is 44.4 Å². The van der Waals surface area contributed by atoms with Crippen LogP contribution in [0.3, 0.4) is 0 Å². The Morgan fingerprint density at radius 2 is 1.75 bits per heavy atom. The smallest absolute Gasteiger partial charge is 0.260 e. The SMILES string of the molecule is CCN(CC)CCN(C(=O)c1ccc(S(C)(=O)=O)cc1)c1nc2c(OC)ccc(Cl)c2s1. The summed E-state index contributed by atoms with van der Waals surface area (Å²) in [4.78, 5) is 22.2. The van der Waals surface area contributed by atoms with Crippen molar-refractivity contribution in [1.82, 2.24) is 9.88 Å². The van der Waals surface area contributed by atoms with Gasteiger partial charge in [0.05, 0.1) is 21.7 Å². The van der Waals surface area contributed by atoms with Gasteiger partial charge in [-0.2, -0.15) is 0 Å². The van der Waals surface area contributed by atoms with E-state index in [2.05, 4.69) is 23.7 Å². The Morgan fingerprint density at radius 3 is 2.31 bits per heavy atom. The van der Waals surface area contributed by atoms with Gasteiger partial charge in [0.15, 0.2) is 15.0 Å². The summed E-state index contributed by atoms with van der Waals surface area (Å²) in [6.07, 6.45) is 1.14. The van der Waals surface area contributed by atoms with E-state index in [9.17, 15) is 13.2 Å². The van der Waals surface area contributed by atoms with Crippen LogP contribution in [0.5, 0.6) is 5.75 Å². The monoisotopic (exact) mass is 495 g/mol. The molecule has 0 spiro atoms. The molecule has 172 valence electrons. The molecule has 1 amide bonds. The molecule has 0 aliphatic rings. The van der Waals surface area contributed by atoms with Crippen molar-refractivity contribution < 1.29 is 17.9 Å². The second-order valence-electron chi connectivity index (χ2n) is 7.20. The number of aromatic nitrogens is 1. The standard InChI is InChI=1S/C22H26ClN3O4S2/c1-5-25(6-2)13-14-26(21(27)15-7-9-16(10-8-15)32(4,28)29)22-24-19-18(30-3)12-11-17(23)20(19)31-22/h7-12H,5-6,13-14H2,1-4H3. The molecule has 1 aromatic heterocycles. The van der Waals surface area contributed by atoms with Gasteiger partial charge in [0, 0.05) is 24.9 Å². The number of fused-ring (bicyclic) bond motifs is 1. The lowest BCUT2D eigenvalue weighted by Gasteiger charge is -2.24. The lowest BCUT2D eigenvalue weighted by Crippen LogP contribution is -2.38. The second-order valence-corrected chi connectivity index (χ2v) is 10.6. The van der Waals surface area contributed by atoms with Gasteiger partial charge >= 0.3 is 0 Å². The zero-order valence-corrected chi connectivity index (χ0v) is 20.9. The summed E-state index contributed by atoms with van der Waals surface area (Å²) in [7, 11) is -1.78. The number of thiazole rings is 1. The number of carbonyl (C=O) groups excluding carboxylic acids is 1. The van der Waals surface area contributed by atoms with Gasteiger partial charge in [-0.3, -0.25) is 9.69 Å². The number of halogens is 1. The second kappa shape index (κ2) is 10.2. The molecule has 0 N–H and O–H groups in total. The van der Waals surface area contributed by atoms with Crippen molar-refractivity contribution in [2.24, 2.45) is 0 Å². The van der Waals surface area contributed by atoms with Gasteiger partial charge in [0.25, 0.3) is 5.91 Å². The third-order valence-corrected chi connectivity index (χ3v) is 7.87. The van der Waals surface area contributed by atoms with Crippen LogP contribution < -0.4 is 9.64 Å². The minimum absolute atomic E-state index is 0.167. The Balaban J connectivity index is 2.03. The molecule has 0 saturated heterocycles. The van der Waals surface area contributed by atoms with E-state index in [1.165, 1.54) is 35.6 Å². The molecule has 32 heavy (non-hydrogen) atoms. The van der Waals surface area contributed by atoms with Crippen LogP contribution in [0.2, 0.25) is 5.02 Å². The number of hydrogen-bond acceptors (Lipinski definition) is 7. The fraction of sp³-hybridized carbons (Fsp3) is 0.364. The first-order valence-corrected chi connectivity index (χ1v) is 13.3. The highest BCUT2D eigenvalue weighted by Gasteiger charge is 2.24. The topological polar surface area (TPSA) is 79.8 Å². The van der Waals surface area contributed by atoms with Gasteiger partial charge in [-0.25, -0.2) is 13.4 Å². The minimum atomic E-state index is -3.35. The van der Waals surface area contributed by atoms with Gasteiger partial charge < -0.3 is 9.64 Å². The molecule has 0 atom stereocenters. The number of rotatable bonds is 9. The molecule has 1 heterocycles. The third kappa shape index (κ3) is 5.23. The highest BCUT2D eigenvalue weighted by atomic mass is 35.5. The lowest BCUT2D eigenvalue weighted by atomic mass is 10.2. The Bertz CT molecular complexity index is 1210. The molecular weight excluding hydrogens is 470 g/mol. The Hall–Kier alpha value is -2.20. The maximum atomic E-state index is 13.5.